The number of nitrogens with zero attached hydrogens (tertiary/aromatic N) is 2. The lowest BCUT2D eigenvalue weighted by Crippen LogP contribution is -2.31. The molecule has 3 heteroatoms. The van der Waals surface area contributed by atoms with Gasteiger partial charge in [-0.05, 0) is 35.7 Å². The van der Waals surface area contributed by atoms with E-state index >= 15 is 0 Å². The molecule has 17 heavy (non-hydrogen) atoms. The Bertz CT molecular complexity index is 522. The van der Waals surface area contributed by atoms with E-state index in [0.29, 0.717) is 0 Å². The van der Waals surface area contributed by atoms with Gasteiger partial charge in [0.1, 0.15) is 5.82 Å². The molecule has 0 spiro atoms. The first-order valence-corrected chi connectivity index (χ1v) is 5.87. The minimum atomic E-state index is 0.860. The van der Waals surface area contributed by atoms with E-state index in [2.05, 4.69) is 16.0 Å². The molecule has 3 nitrogen and oxygen atoms in total. The predicted molar refractivity (Wildman–Crippen MR) is 69.8 cm³/mol. The third-order valence-electron chi connectivity index (χ3n) is 3.28. The summed E-state index contributed by atoms with van der Waals surface area (Å²) in [5.74, 6) is 1.03. The predicted octanol–water partition coefficient (Wildman–Crippen LogP) is 2.23. The Morgan fingerprint density at radius 2 is 2.06 bits per heavy atom. The molecule has 2 N–H and O–H groups in total. The topological polar surface area (TPSA) is 42.1 Å². The monoisotopic (exact) mass is 225 g/mol. The lowest BCUT2D eigenvalue weighted by atomic mass is 9.98. The third-order valence-corrected chi connectivity index (χ3v) is 3.28. The molecule has 1 aliphatic heterocycles. The molecular weight excluding hydrogens is 210 g/mol. The minimum Gasteiger partial charge on any atom is -0.398 e. The van der Waals surface area contributed by atoms with Crippen LogP contribution >= 0.6 is 0 Å². The standard InChI is InChI=1S/C14H15N3/c15-13-5-3-4-11-7-9-17(10-12(11)13)14-6-1-2-8-16-14/h1-6,8H,7,9-10,15H2. The first-order chi connectivity index (χ1) is 8.34. The van der Waals surface area contributed by atoms with Crippen molar-refractivity contribution in [1.29, 1.82) is 0 Å². The summed E-state index contributed by atoms with van der Waals surface area (Å²) in [7, 11) is 0. The van der Waals surface area contributed by atoms with Crippen LogP contribution < -0.4 is 10.6 Å². The zero-order valence-corrected chi connectivity index (χ0v) is 9.63. The van der Waals surface area contributed by atoms with Crippen molar-refractivity contribution in [1.82, 2.24) is 4.98 Å². The van der Waals surface area contributed by atoms with Crippen molar-refractivity contribution in [3.63, 3.8) is 0 Å². The van der Waals surface area contributed by atoms with Crippen LogP contribution in [-0.2, 0) is 13.0 Å². The fourth-order valence-electron chi connectivity index (χ4n) is 2.34. The summed E-state index contributed by atoms with van der Waals surface area (Å²) in [6.07, 6.45) is 2.87. The van der Waals surface area contributed by atoms with E-state index in [1.807, 2.05) is 36.5 Å². The van der Waals surface area contributed by atoms with Crippen molar-refractivity contribution in [2.24, 2.45) is 0 Å². The number of nitrogen functional groups attached to an aromatic ring is 1. The first kappa shape index (κ1) is 10.1. The van der Waals surface area contributed by atoms with Crippen molar-refractivity contribution in [3.8, 4) is 0 Å². The summed E-state index contributed by atoms with van der Waals surface area (Å²) in [4.78, 5) is 6.67. The van der Waals surface area contributed by atoms with E-state index in [-0.39, 0.29) is 0 Å². The fraction of sp³-hybridized carbons (Fsp3) is 0.214. The van der Waals surface area contributed by atoms with Gasteiger partial charge >= 0.3 is 0 Å². The number of rotatable bonds is 1. The van der Waals surface area contributed by atoms with Crippen molar-refractivity contribution in [2.75, 3.05) is 17.2 Å². The lowest BCUT2D eigenvalue weighted by molar-refractivity contribution is 0.723. The third kappa shape index (κ3) is 1.84. The molecule has 1 aromatic heterocycles. The number of pyridine rings is 1. The quantitative estimate of drug-likeness (QED) is 0.757. The molecule has 86 valence electrons. The number of hydrogen-bond donors (Lipinski definition) is 1. The summed E-state index contributed by atoms with van der Waals surface area (Å²) in [6, 6.07) is 12.2. The van der Waals surface area contributed by atoms with Crippen molar-refractivity contribution in [2.45, 2.75) is 13.0 Å². The molecule has 0 aliphatic carbocycles. The highest BCUT2D eigenvalue weighted by molar-refractivity contribution is 5.55. The van der Waals surface area contributed by atoms with Crippen LogP contribution in [0.1, 0.15) is 11.1 Å². The zero-order valence-electron chi connectivity index (χ0n) is 9.63. The maximum absolute atomic E-state index is 6.03. The van der Waals surface area contributed by atoms with Gasteiger partial charge in [0.15, 0.2) is 0 Å². The molecule has 2 heterocycles. The molecule has 1 aliphatic rings. The largest absolute Gasteiger partial charge is 0.398 e. The van der Waals surface area contributed by atoms with Crippen LogP contribution in [0.5, 0.6) is 0 Å². The molecule has 0 fully saturated rings. The van der Waals surface area contributed by atoms with Crippen molar-refractivity contribution in [3.05, 3.63) is 53.7 Å². The van der Waals surface area contributed by atoms with E-state index in [9.17, 15) is 0 Å². The van der Waals surface area contributed by atoms with Crippen molar-refractivity contribution < 1.29 is 0 Å². The molecule has 0 amide bonds. The highest BCUT2D eigenvalue weighted by Crippen LogP contribution is 2.26. The summed E-state index contributed by atoms with van der Waals surface area (Å²) in [6.45, 7) is 1.87. The van der Waals surface area contributed by atoms with Gasteiger partial charge in [0.2, 0.25) is 0 Å². The molecule has 0 radical (unpaired) electrons. The van der Waals surface area contributed by atoms with Gasteiger partial charge in [-0.2, -0.15) is 0 Å². The summed E-state index contributed by atoms with van der Waals surface area (Å²) in [5.41, 5.74) is 9.55. The Morgan fingerprint density at radius 3 is 2.88 bits per heavy atom. The van der Waals surface area contributed by atoms with Gasteiger partial charge in [-0.25, -0.2) is 4.98 Å². The average Bonchev–Trinajstić information content (AvgIpc) is 2.40. The SMILES string of the molecule is Nc1cccc2c1CN(c1ccccn1)CC2. The van der Waals surface area contributed by atoms with Gasteiger partial charge in [-0.15, -0.1) is 0 Å². The van der Waals surface area contributed by atoms with E-state index < -0.39 is 0 Å². The van der Waals surface area contributed by atoms with Crippen LogP contribution in [0.2, 0.25) is 0 Å². The Hall–Kier alpha value is -2.03. The summed E-state index contributed by atoms with van der Waals surface area (Å²) >= 11 is 0. The number of nitrogens with two attached hydrogens (primary N) is 1. The fourth-order valence-corrected chi connectivity index (χ4v) is 2.34. The van der Waals surface area contributed by atoms with E-state index in [1.165, 1.54) is 11.1 Å². The highest BCUT2D eigenvalue weighted by Gasteiger charge is 2.18. The molecule has 0 unspecified atom stereocenters. The number of aromatic nitrogens is 1. The normalized spacial score (nSPS) is 14.5. The first-order valence-electron chi connectivity index (χ1n) is 5.87. The van der Waals surface area contributed by atoms with Gasteiger partial charge in [0.25, 0.3) is 0 Å². The van der Waals surface area contributed by atoms with Crippen LogP contribution in [-0.4, -0.2) is 11.5 Å². The van der Waals surface area contributed by atoms with Gasteiger partial charge in [0, 0.05) is 25.0 Å². The minimum absolute atomic E-state index is 0.860. The van der Waals surface area contributed by atoms with E-state index in [0.717, 1.165) is 31.0 Å². The van der Waals surface area contributed by atoms with Gasteiger partial charge < -0.3 is 10.6 Å². The Kier molecular flexibility index (Phi) is 2.44. The van der Waals surface area contributed by atoms with Gasteiger partial charge in [-0.3, -0.25) is 0 Å². The maximum atomic E-state index is 6.03. The van der Waals surface area contributed by atoms with Crippen LogP contribution in [0, 0.1) is 0 Å². The summed E-state index contributed by atoms with van der Waals surface area (Å²) in [5, 5.41) is 0. The molecule has 0 bridgehead atoms. The number of hydrogen-bond acceptors (Lipinski definition) is 3. The van der Waals surface area contributed by atoms with Gasteiger partial charge in [0.05, 0.1) is 0 Å². The van der Waals surface area contributed by atoms with Crippen LogP contribution in [0.25, 0.3) is 0 Å². The highest BCUT2D eigenvalue weighted by atomic mass is 15.2. The second-order valence-corrected chi connectivity index (χ2v) is 4.34. The average molecular weight is 225 g/mol. The van der Waals surface area contributed by atoms with E-state index in [1.54, 1.807) is 0 Å². The lowest BCUT2D eigenvalue weighted by Gasteiger charge is -2.30. The van der Waals surface area contributed by atoms with Crippen LogP contribution in [0.15, 0.2) is 42.6 Å². The number of anilines is 2. The number of fused-ring (bicyclic) bond motifs is 1. The van der Waals surface area contributed by atoms with Crippen LogP contribution in [0.4, 0.5) is 11.5 Å². The van der Waals surface area contributed by atoms with E-state index in [4.69, 9.17) is 5.73 Å². The Morgan fingerprint density at radius 1 is 1.12 bits per heavy atom. The molecule has 3 rings (SSSR count). The Labute approximate surface area is 101 Å². The second kappa shape index (κ2) is 4.09. The molecule has 0 atom stereocenters. The van der Waals surface area contributed by atoms with Gasteiger partial charge in [-0.1, -0.05) is 18.2 Å². The summed E-state index contributed by atoms with van der Waals surface area (Å²) < 4.78 is 0. The Balaban J connectivity index is 1.93. The molecular formula is C14H15N3. The molecule has 1 aromatic carbocycles. The smallest absolute Gasteiger partial charge is 0.128 e. The molecule has 0 saturated heterocycles. The zero-order chi connectivity index (χ0) is 11.7. The molecule has 2 aromatic rings. The van der Waals surface area contributed by atoms with Crippen LogP contribution in [0.3, 0.4) is 0 Å². The second-order valence-electron chi connectivity index (χ2n) is 4.34. The molecule has 0 saturated carbocycles. The maximum Gasteiger partial charge on any atom is 0.128 e. The number of benzene rings is 1. The van der Waals surface area contributed by atoms with Crippen molar-refractivity contribution >= 4 is 11.5 Å².